The molecule has 0 spiro atoms. The van der Waals surface area contributed by atoms with Gasteiger partial charge in [-0.15, -0.1) is 10.2 Å². The van der Waals surface area contributed by atoms with E-state index in [1.165, 1.54) is 0 Å². The summed E-state index contributed by atoms with van der Waals surface area (Å²) in [5, 5.41) is 18.6. The molecule has 0 atom stereocenters. The Bertz CT molecular complexity index is 946. The first-order chi connectivity index (χ1) is 14.2. The minimum Gasteiger partial charge on any atom is -0.497 e. The van der Waals surface area contributed by atoms with Crippen LogP contribution in [0.25, 0.3) is 11.4 Å². The minimum atomic E-state index is 0.551. The molecule has 0 saturated carbocycles. The molecule has 0 aliphatic heterocycles. The Morgan fingerprint density at radius 2 is 1.76 bits per heavy atom. The van der Waals surface area contributed by atoms with Gasteiger partial charge in [0, 0.05) is 17.9 Å². The van der Waals surface area contributed by atoms with E-state index in [0.717, 1.165) is 53.2 Å². The predicted molar refractivity (Wildman–Crippen MR) is 114 cm³/mol. The first-order valence-electron chi connectivity index (χ1n) is 9.58. The van der Waals surface area contributed by atoms with Crippen molar-refractivity contribution in [3.05, 3.63) is 54.1 Å². The van der Waals surface area contributed by atoms with E-state index in [0.29, 0.717) is 12.2 Å². The van der Waals surface area contributed by atoms with Gasteiger partial charge in [0.1, 0.15) is 11.5 Å². The maximum atomic E-state index is 8.85. The SMILES string of the molecule is CCCCn1c(SCCOc2ccc(C#N)cc2)nnc1-c1ccc(OC)cc1. The number of aromatic nitrogens is 3. The largest absolute Gasteiger partial charge is 0.497 e. The quantitative estimate of drug-likeness (QED) is 0.354. The van der Waals surface area contributed by atoms with Gasteiger partial charge in [-0.25, -0.2) is 0 Å². The Labute approximate surface area is 175 Å². The van der Waals surface area contributed by atoms with Crippen molar-refractivity contribution in [3.8, 4) is 29.0 Å². The van der Waals surface area contributed by atoms with Crippen LogP contribution in [0.3, 0.4) is 0 Å². The fourth-order valence-electron chi connectivity index (χ4n) is 2.79. The van der Waals surface area contributed by atoms with Crippen molar-refractivity contribution < 1.29 is 9.47 Å². The van der Waals surface area contributed by atoms with Crippen LogP contribution < -0.4 is 9.47 Å². The van der Waals surface area contributed by atoms with E-state index in [-0.39, 0.29) is 0 Å². The third kappa shape index (κ3) is 5.52. The van der Waals surface area contributed by atoms with E-state index in [2.05, 4.69) is 27.8 Å². The van der Waals surface area contributed by atoms with Crippen molar-refractivity contribution in [1.82, 2.24) is 14.8 Å². The number of thioether (sulfide) groups is 1. The van der Waals surface area contributed by atoms with Gasteiger partial charge in [-0.2, -0.15) is 5.26 Å². The van der Waals surface area contributed by atoms with E-state index >= 15 is 0 Å². The molecular formula is C22H24N4O2S. The first-order valence-corrected chi connectivity index (χ1v) is 10.6. The highest BCUT2D eigenvalue weighted by atomic mass is 32.2. The van der Waals surface area contributed by atoms with Gasteiger partial charge in [0.25, 0.3) is 0 Å². The van der Waals surface area contributed by atoms with Gasteiger partial charge in [-0.05, 0) is 55.0 Å². The molecule has 0 radical (unpaired) electrons. The lowest BCUT2D eigenvalue weighted by Crippen LogP contribution is -2.05. The van der Waals surface area contributed by atoms with Gasteiger partial charge in [0.05, 0.1) is 25.3 Å². The van der Waals surface area contributed by atoms with Crippen LogP contribution in [0.1, 0.15) is 25.3 Å². The molecule has 29 heavy (non-hydrogen) atoms. The Morgan fingerprint density at radius 3 is 2.41 bits per heavy atom. The zero-order chi connectivity index (χ0) is 20.5. The zero-order valence-corrected chi connectivity index (χ0v) is 17.5. The lowest BCUT2D eigenvalue weighted by molar-refractivity contribution is 0.344. The van der Waals surface area contributed by atoms with Crippen molar-refractivity contribution >= 4 is 11.8 Å². The summed E-state index contributed by atoms with van der Waals surface area (Å²) in [6.07, 6.45) is 2.17. The summed E-state index contributed by atoms with van der Waals surface area (Å²) >= 11 is 1.63. The van der Waals surface area contributed by atoms with E-state index in [4.69, 9.17) is 14.7 Å². The summed E-state index contributed by atoms with van der Waals surface area (Å²) in [4.78, 5) is 0. The number of hydrogen-bond donors (Lipinski definition) is 0. The van der Waals surface area contributed by atoms with Crippen LogP contribution in [0.15, 0.2) is 53.7 Å². The molecule has 0 aliphatic carbocycles. The first kappa shape index (κ1) is 20.7. The van der Waals surface area contributed by atoms with Gasteiger partial charge in [0.2, 0.25) is 0 Å². The number of rotatable bonds is 10. The maximum absolute atomic E-state index is 8.85. The summed E-state index contributed by atoms with van der Waals surface area (Å²) in [5.41, 5.74) is 1.65. The van der Waals surface area contributed by atoms with Crippen LogP contribution in [0.2, 0.25) is 0 Å². The van der Waals surface area contributed by atoms with Crippen LogP contribution >= 0.6 is 11.8 Å². The van der Waals surface area contributed by atoms with Gasteiger partial charge in [-0.3, -0.25) is 0 Å². The number of benzene rings is 2. The molecule has 0 amide bonds. The average Bonchev–Trinajstić information content (AvgIpc) is 3.18. The van der Waals surface area contributed by atoms with Crippen LogP contribution in [0.5, 0.6) is 11.5 Å². The van der Waals surface area contributed by atoms with Gasteiger partial charge in [-0.1, -0.05) is 25.1 Å². The molecule has 2 aromatic carbocycles. The lowest BCUT2D eigenvalue weighted by Gasteiger charge is -2.10. The van der Waals surface area contributed by atoms with Crippen molar-refractivity contribution in [2.24, 2.45) is 0 Å². The Balaban J connectivity index is 1.64. The molecule has 3 rings (SSSR count). The van der Waals surface area contributed by atoms with E-state index in [1.54, 1.807) is 31.0 Å². The molecule has 3 aromatic rings. The monoisotopic (exact) mass is 408 g/mol. The highest BCUT2D eigenvalue weighted by Gasteiger charge is 2.14. The molecule has 0 N–H and O–H groups in total. The summed E-state index contributed by atoms with van der Waals surface area (Å²) in [7, 11) is 1.66. The zero-order valence-electron chi connectivity index (χ0n) is 16.7. The Morgan fingerprint density at radius 1 is 1.03 bits per heavy atom. The Hall–Kier alpha value is -2.98. The van der Waals surface area contributed by atoms with Crippen LogP contribution in [-0.4, -0.2) is 34.2 Å². The van der Waals surface area contributed by atoms with Crippen molar-refractivity contribution in [2.75, 3.05) is 19.5 Å². The highest BCUT2D eigenvalue weighted by Crippen LogP contribution is 2.26. The second kappa shape index (κ2) is 10.5. The molecule has 6 nitrogen and oxygen atoms in total. The fraction of sp³-hybridized carbons (Fsp3) is 0.318. The number of hydrogen-bond acceptors (Lipinski definition) is 6. The van der Waals surface area contributed by atoms with Gasteiger partial charge in [0.15, 0.2) is 11.0 Å². The lowest BCUT2D eigenvalue weighted by atomic mass is 10.2. The molecule has 0 aliphatic rings. The normalized spacial score (nSPS) is 10.5. The molecule has 0 bridgehead atoms. The van der Waals surface area contributed by atoms with E-state index in [1.807, 2.05) is 36.4 Å². The molecule has 7 heteroatoms. The van der Waals surface area contributed by atoms with E-state index < -0.39 is 0 Å². The summed E-state index contributed by atoms with van der Waals surface area (Å²) < 4.78 is 13.2. The van der Waals surface area contributed by atoms with E-state index in [9.17, 15) is 0 Å². The third-order valence-electron chi connectivity index (χ3n) is 4.37. The third-order valence-corrected chi connectivity index (χ3v) is 5.30. The number of methoxy groups -OCH3 is 1. The number of nitriles is 1. The number of ether oxygens (including phenoxy) is 2. The van der Waals surface area contributed by atoms with Crippen LogP contribution in [0.4, 0.5) is 0 Å². The standard InChI is InChI=1S/C22H24N4O2S/c1-3-4-13-26-21(18-7-11-19(27-2)12-8-18)24-25-22(26)29-15-14-28-20-9-5-17(16-23)6-10-20/h5-12H,3-4,13-15H2,1-2H3. The minimum absolute atomic E-state index is 0.551. The summed E-state index contributed by atoms with van der Waals surface area (Å²) in [5.74, 6) is 3.21. The second-order valence-corrected chi connectivity index (χ2v) is 7.44. The highest BCUT2D eigenvalue weighted by molar-refractivity contribution is 7.99. The van der Waals surface area contributed by atoms with Crippen molar-refractivity contribution in [1.29, 1.82) is 5.26 Å². The fourth-order valence-corrected chi connectivity index (χ4v) is 3.57. The predicted octanol–water partition coefficient (Wildman–Crippen LogP) is 4.80. The molecule has 0 saturated heterocycles. The topological polar surface area (TPSA) is 73.0 Å². The molecule has 0 unspecified atom stereocenters. The van der Waals surface area contributed by atoms with Crippen molar-refractivity contribution in [2.45, 2.75) is 31.5 Å². The molecule has 1 heterocycles. The maximum Gasteiger partial charge on any atom is 0.191 e. The van der Waals surface area contributed by atoms with Crippen molar-refractivity contribution in [3.63, 3.8) is 0 Å². The summed E-state index contributed by atoms with van der Waals surface area (Å²) in [6, 6.07) is 17.1. The molecular weight excluding hydrogens is 384 g/mol. The molecule has 0 fully saturated rings. The smallest absolute Gasteiger partial charge is 0.191 e. The van der Waals surface area contributed by atoms with Gasteiger partial charge < -0.3 is 14.0 Å². The second-order valence-electron chi connectivity index (χ2n) is 6.37. The number of unbranched alkanes of at least 4 members (excludes halogenated alkanes) is 1. The Kier molecular flexibility index (Phi) is 7.54. The van der Waals surface area contributed by atoms with Crippen LogP contribution in [-0.2, 0) is 6.54 Å². The molecule has 150 valence electrons. The number of nitrogens with zero attached hydrogens (tertiary/aromatic N) is 4. The summed E-state index contributed by atoms with van der Waals surface area (Å²) in [6.45, 7) is 3.61. The average molecular weight is 409 g/mol. The van der Waals surface area contributed by atoms with Crippen LogP contribution in [0, 0.1) is 11.3 Å². The van der Waals surface area contributed by atoms with Gasteiger partial charge >= 0.3 is 0 Å². The molecule has 1 aromatic heterocycles.